The number of rotatable bonds is 3. The van der Waals surface area contributed by atoms with Gasteiger partial charge in [0.15, 0.2) is 9.84 Å². The second-order valence-electron chi connectivity index (χ2n) is 6.01. The molecule has 0 saturated carbocycles. The molecule has 2 aliphatic heterocycles. The van der Waals surface area contributed by atoms with Crippen LogP contribution in [0.1, 0.15) is 32.6 Å². The molecule has 0 spiro atoms. The molecule has 2 saturated heterocycles. The molecule has 2 heterocycles. The lowest BCUT2D eigenvalue weighted by Crippen LogP contribution is -2.54. The van der Waals surface area contributed by atoms with E-state index in [9.17, 15) is 23.1 Å². The Morgan fingerprint density at radius 1 is 1.43 bits per heavy atom. The molecule has 2 fully saturated rings. The number of sulfone groups is 1. The highest BCUT2D eigenvalue weighted by Gasteiger charge is 2.42. The number of likely N-dealkylation sites (tertiary alicyclic amines) is 1. The summed E-state index contributed by atoms with van der Waals surface area (Å²) >= 11 is 0. The van der Waals surface area contributed by atoms with Crippen LogP contribution in [0.2, 0.25) is 0 Å². The van der Waals surface area contributed by atoms with Gasteiger partial charge in [0.05, 0.1) is 16.9 Å². The summed E-state index contributed by atoms with van der Waals surface area (Å²) < 4.78 is 22.8. The highest BCUT2D eigenvalue weighted by Crippen LogP contribution is 2.33. The Kier molecular flexibility index (Phi) is 4.46. The van der Waals surface area contributed by atoms with E-state index in [1.165, 1.54) is 4.90 Å². The molecular formula is C13H22N2O5S. The van der Waals surface area contributed by atoms with Gasteiger partial charge in [0.25, 0.3) is 0 Å². The van der Waals surface area contributed by atoms with Gasteiger partial charge >= 0.3 is 12.0 Å². The van der Waals surface area contributed by atoms with E-state index < -0.39 is 21.2 Å². The number of nitrogens with one attached hydrogen (secondary N) is 1. The monoisotopic (exact) mass is 318 g/mol. The Labute approximate surface area is 124 Å². The van der Waals surface area contributed by atoms with E-state index in [2.05, 4.69) is 5.32 Å². The fourth-order valence-corrected chi connectivity index (χ4v) is 4.77. The van der Waals surface area contributed by atoms with E-state index in [0.29, 0.717) is 32.2 Å². The van der Waals surface area contributed by atoms with Gasteiger partial charge in [0.1, 0.15) is 0 Å². The van der Waals surface area contributed by atoms with Crippen LogP contribution in [0.25, 0.3) is 0 Å². The summed E-state index contributed by atoms with van der Waals surface area (Å²) in [6.45, 7) is 2.52. The highest BCUT2D eigenvalue weighted by atomic mass is 32.2. The van der Waals surface area contributed by atoms with Gasteiger partial charge in [0, 0.05) is 19.1 Å². The van der Waals surface area contributed by atoms with Crippen molar-refractivity contribution >= 4 is 21.8 Å². The van der Waals surface area contributed by atoms with Crippen molar-refractivity contribution in [3.63, 3.8) is 0 Å². The van der Waals surface area contributed by atoms with Crippen molar-refractivity contribution in [3.8, 4) is 0 Å². The van der Waals surface area contributed by atoms with Gasteiger partial charge in [-0.05, 0) is 25.7 Å². The fourth-order valence-electron chi connectivity index (χ4n) is 3.09. The zero-order valence-electron chi connectivity index (χ0n) is 12.2. The fraction of sp³-hybridized carbons (Fsp3) is 0.846. The number of nitrogens with zero attached hydrogens (tertiary/aromatic N) is 1. The number of carbonyl (C=O) groups is 2. The van der Waals surface area contributed by atoms with E-state index in [1.54, 1.807) is 0 Å². The van der Waals surface area contributed by atoms with E-state index in [0.717, 1.165) is 0 Å². The molecule has 2 N–H and O–H groups in total. The minimum Gasteiger partial charge on any atom is -0.481 e. The van der Waals surface area contributed by atoms with Crippen LogP contribution in [0, 0.1) is 5.41 Å². The minimum absolute atomic E-state index is 0.0234. The predicted octanol–water partition coefficient (Wildman–Crippen LogP) is 0.460. The summed E-state index contributed by atoms with van der Waals surface area (Å²) in [6, 6.07) is -0.707. The first-order valence-electron chi connectivity index (χ1n) is 7.27. The Bertz CT molecular complexity index is 533. The lowest BCUT2D eigenvalue weighted by Gasteiger charge is -2.39. The van der Waals surface area contributed by atoms with Crippen LogP contribution in [-0.2, 0) is 14.6 Å². The maximum atomic E-state index is 12.2. The number of aliphatic carboxylic acids is 1. The van der Waals surface area contributed by atoms with Gasteiger partial charge in [-0.2, -0.15) is 0 Å². The van der Waals surface area contributed by atoms with Crippen LogP contribution in [0.3, 0.4) is 0 Å². The second kappa shape index (κ2) is 5.82. The molecule has 2 aliphatic rings. The second-order valence-corrected chi connectivity index (χ2v) is 8.24. The normalized spacial score (nSPS) is 31.9. The zero-order chi connectivity index (χ0) is 15.7. The SMILES string of the molecule is CCC1(C(=O)O)CCCN(C(=O)NC2CCS(=O)(=O)C2)C1. The smallest absolute Gasteiger partial charge is 0.317 e. The van der Waals surface area contributed by atoms with Crippen molar-refractivity contribution in [3.05, 3.63) is 0 Å². The summed E-state index contributed by atoms with van der Waals surface area (Å²) in [7, 11) is -3.04. The van der Waals surface area contributed by atoms with Crippen molar-refractivity contribution in [2.75, 3.05) is 24.6 Å². The average Bonchev–Trinajstić information content (AvgIpc) is 2.77. The number of amides is 2. The van der Waals surface area contributed by atoms with E-state index in [1.807, 2.05) is 6.92 Å². The van der Waals surface area contributed by atoms with Crippen molar-refractivity contribution < 1.29 is 23.1 Å². The Morgan fingerprint density at radius 3 is 2.67 bits per heavy atom. The molecule has 2 amide bonds. The van der Waals surface area contributed by atoms with Crippen LogP contribution < -0.4 is 5.32 Å². The lowest BCUT2D eigenvalue weighted by atomic mass is 9.78. The number of carboxylic acid groups (broad SMARTS) is 1. The number of carbonyl (C=O) groups excluding carboxylic acids is 1. The standard InChI is InChI=1S/C13H22N2O5S/c1-2-13(11(16)17)5-3-6-15(9-13)12(18)14-10-4-7-21(19,20)8-10/h10H,2-9H2,1H3,(H,14,18)(H,16,17). The Hall–Kier alpha value is -1.31. The Balaban J connectivity index is 1.98. The van der Waals surface area contributed by atoms with Crippen molar-refractivity contribution in [1.29, 1.82) is 0 Å². The molecule has 0 aromatic carbocycles. The van der Waals surface area contributed by atoms with Crippen molar-refractivity contribution in [2.45, 2.75) is 38.6 Å². The topological polar surface area (TPSA) is 104 Å². The number of carboxylic acids is 1. The predicted molar refractivity (Wildman–Crippen MR) is 76.8 cm³/mol. The van der Waals surface area contributed by atoms with Crippen molar-refractivity contribution in [1.82, 2.24) is 10.2 Å². The summed E-state index contributed by atoms with van der Waals surface area (Å²) in [5, 5.41) is 12.1. The van der Waals surface area contributed by atoms with E-state index in [-0.39, 0.29) is 30.1 Å². The number of piperidine rings is 1. The van der Waals surface area contributed by atoms with Gasteiger partial charge in [-0.25, -0.2) is 13.2 Å². The average molecular weight is 318 g/mol. The van der Waals surface area contributed by atoms with Crippen LogP contribution >= 0.6 is 0 Å². The third-order valence-corrected chi connectivity index (χ3v) is 6.32. The van der Waals surface area contributed by atoms with E-state index in [4.69, 9.17) is 0 Å². The molecule has 120 valence electrons. The molecular weight excluding hydrogens is 296 g/mol. The first-order chi connectivity index (χ1) is 9.78. The summed E-state index contributed by atoms with van der Waals surface area (Å²) in [5.74, 6) is -0.790. The van der Waals surface area contributed by atoms with Crippen LogP contribution in [0.4, 0.5) is 4.79 Å². The number of hydrogen-bond acceptors (Lipinski definition) is 4. The van der Waals surface area contributed by atoms with Gasteiger partial charge in [-0.15, -0.1) is 0 Å². The minimum atomic E-state index is -3.04. The largest absolute Gasteiger partial charge is 0.481 e. The summed E-state index contributed by atoms with van der Waals surface area (Å²) in [5.41, 5.74) is -0.878. The molecule has 0 radical (unpaired) electrons. The third-order valence-electron chi connectivity index (χ3n) is 4.55. The molecule has 0 aromatic heterocycles. The molecule has 0 bridgehead atoms. The summed E-state index contributed by atoms with van der Waals surface area (Å²) in [6.07, 6.45) is 2.13. The van der Waals surface area contributed by atoms with Crippen molar-refractivity contribution in [2.24, 2.45) is 5.41 Å². The molecule has 2 atom stereocenters. The first kappa shape index (κ1) is 16.1. The first-order valence-corrected chi connectivity index (χ1v) is 9.09. The summed E-state index contributed by atoms with van der Waals surface area (Å²) in [4.78, 5) is 25.2. The lowest BCUT2D eigenvalue weighted by molar-refractivity contribution is -0.152. The van der Waals surface area contributed by atoms with Crippen LogP contribution in [0.5, 0.6) is 0 Å². The molecule has 7 nitrogen and oxygen atoms in total. The van der Waals surface area contributed by atoms with Crippen LogP contribution in [-0.4, -0.2) is 61.1 Å². The molecule has 0 aliphatic carbocycles. The molecule has 2 rings (SSSR count). The van der Waals surface area contributed by atoms with Crippen LogP contribution in [0.15, 0.2) is 0 Å². The molecule has 0 aromatic rings. The highest BCUT2D eigenvalue weighted by molar-refractivity contribution is 7.91. The quantitative estimate of drug-likeness (QED) is 0.787. The molecule has 2 unspecified atom stereocenters. The molecule has 8 heteroatoms. The number of hydrogen-bond donors (Lipinski definition) is 2. The Morgan fingerprint density at radius 2 is 2.14 bits per heavy atom. The number of urea groups is 1. The van der Waals surface area contributed by atoms with E-state index >= 15 is 0 Å². The van der Waals surface area contributed by atoms with Gasteiger partial charge < -0.3 is 15.3 Å². The maximum absolute atomic E-state index is 12.2. The molecule has 21 heavy (non-hydrogen) atoms. The third kappa shape index (κ3) is 3.48. The van der Waals surface area contributed by atoms with Gasteiger partial charge in [-0.1, -0.05) is 6.92 Å². The zero-order valence-corrected chi connectivity index (χ0v) is 13.0. The van der Waals surface area contributed by atoms with Gasteiger partial charge in [-0.3, -0.25) is 4.79 Å². The maximum Gasteiger partial charge on any atom is 0.317 e. The van der Waals surface area contributed by atoms with Gasteiger partial charge in [0.2, 0.25) is 0 Å².